The number of unbranched alkanes of at least 4 members (excludes halogenated alkanes) is 9. The first kappa shape index (κ1) is 18.1. The molecule has 0 nitrogen and oxygen atoms in total. The topological polar surface area (TPSA) is 0 Å². The molecule has 1 aliphatic carbocycles. The minimum Gasteiger partial charge on any atom is -0.0654 e. The van der Waals surface area contributed by atoms with Crippen LogP contribution in [0.2, 0.25) is 0 Å². The second kappa shape index (κ2) is 14.0. The van der Waals surface area contributed by atoms with Gasteiger partial charge in [-0.05, 0) is 5.92 Å². The van der Waals surface area contributed by atoms with Gasteiger partial charge in [-0.3, -0.25) is 0 Å². The molecule has 0 amide bonds. The van der Waals surface area contributed by atoms with E-state index in [4.69, 9.17) is 0 Å². The Kier molecular flexibility index (Phi) is 12.6. The van der Waals surface area contributed by atoms with Crippen LogP contribution in [0.3, 0.4) is 0 Å². The average Bonchev–Trinajstić information content (AvgIpc) is 2.42. The fourth-order valence-corrected chi connectivity index (χ4v) is 3.75. The first-order chi connectivity index (χ1) is 9.93. The van der Waals surface area contributed by atoms with Crippen molar-refractivity contribution in [2.24, 2.45) is 5.92 Å². The van der Waals surface area contributed by atoms with Crippen LogP contribution in [-0.2, 0) is 0 Å². The summed E-state index contributed by atoms with van der Waals surface area (Å²) in [5.41, 5.74) is 0. The Morgan fingerprint density at radius 2 is 1.00 bits per heavy atom. The van der Waals surface area contributed by atoms with Gasteiger partial charge >= 0.3 is 0 Å². The Balaban J connectivity index is 1.81. The van der Waals surface area contributed by atoms with Gasteiger partial charge in [0.25, 0.3) is 0 Å². The molecule has 0 saturated heterocycles. The molecule has 20 heavy (non-hydrogen) atoms. The molecule has 0 heteroatoms. The molecule has 0 bridgehead atoms. The van der Waals surface area contributed by atoms with Crippen LogP contribution in [0.15, 0.2) is 0 Å². The maximum absolute atomic E-state index is 2.30. The molecule has 0 N–H and O–H groups in total. The van der Waals surface area contributed by atoms with Gasteiger partial charge in [-0.25, -0.2) is 0 Å². The maximum atomic E-state index is 2.30. The van der Waals surface area contributed by atoms with Crippen LogP contribution in [-0.4, -0.2) is 0 Å². The molecule has 0 atom stereocenters. The third-order valence-corrected chi connectivity index (χ3v) is 5.19. The molecule has 1 saturated carbocycles. The van der Waals surface area contributed by atoms with Gasteiger partial charge in [0.1, 0.15) is 0 Å². The van der Waals surface area contributed by atoms with Gasteiger partial charge in [0.2, 0.25) is 0 Å². The van der Waals surface area contributed by atoms with Crippen molar-refractivity contribution in [2.45, 2.75) is 122 Å². The van der Waals surface area contributed by atoms with Crippen LogP contribution in [0.4, 0.5) is 0 Å². The predicted molar refractivity (Wildman–Crippen MR) is 92.3 cm³/mol. The number of hydrogen-bond acceptors (Lipinski definition) is 0. The minimum absolute atomic E-state index is 1.09. The highest BCUT2D eigenvalue weighted by Crippen LogP contribution is 2.26. The summed E-state index contributed by atoms with van der Waals surface area (Å²) in [6, 6.07) is 0. The number of rotatable bonds is 11. The Labute approximate surface area is 129 Å². The van der Waals surface area contributed by atoms with Gasteiger partial charge < -0.3 is 0 Å². The van der Waals surface area contributed by atoms with Crippen LogP contribution in [0.5, 0.6) is 0 Å². The lowest BCUT2D eigenvalue weighted by Gasteiger charge is -2.19. The first-order valence-electron chi connectivity index (χ1n) is 9.93. The van der Waals surface area contributed by atoms with E-state index in [0.717, 1.165) is 5.92 Å². The van der Waals surface area contributed by atoms with Gasteiger partial charge in [-0.1, -0.05) is 122 Å². The highest BCUT2D eigenvalue weighted by Gasteiger charge is 2.10. The average molecular weight is 281 g/mol. The zero-order valence-corrected chi connectivity index (χ0v) is 14.3. The minimum atomic E-state index is 1.09. The van der Waals surface area contributed by atoms with Gasteiger partial charge in [0.05, 0.1) is 0 Å². The Bertz CT molecular complexity index is 176. The van der Waals surface area contributed by atoms with Gasteiger partial charge in [-0.2, -0.15) is 0 Å². The molecule has 0 aromatic heterocycles. The standard InChI is InChI=1S/C20H40/c1-2-3-4-5-6-7-8-9-11-14-17-20-18-15-12-10-13-16-19-20/h20H,2-19H2,1H3. The largest absolute Gasteiger partial charge is 0.0654 e. The van der Waals surface area contributed by atoms with E-state index >= 15 is 0 Å². The molecule has 0 spiro atoms. The van der Waals surface area contributed by atoms with E-state index in [0.29, 0.717) is 0 Å². The summed E-state index contributed by atoms with van der Waals surface area (Å²) in [5.74, 6) is 1.09. The first-order valence-corrected chi connectivity index (χ1v) is 9.93. The third kappa shape index (κ3) is 10.7. The highest BCUT2D eigenvalue weighted by molar-refractivity contribution is 4.64. The molecule has 0 unspecified atom stereocenters. The molecule has 1 fully saturated rings. The van der Waals surface area contributed by atoms with E-state index < -0.39 is 0 Å². The summed E-state index contributed by atoms with van der Waals surface area (Å²) >= 11 is 0. The Morgan fingerprint density at radius 3 is 1.55 bits per heavy atom. The fourth-order valence-electron chi connectivity index (χ4n) is 3.75. The van der Waals surface area contributed by atoms with Crippen LogP contribution < -0.4 is 0 Å². The second-order valence-electron chi connectivity index (χ2n) is 7.18. The highest BCUT2D eigenvalue weighted by atomic mass is 14.2. The summed E-state index contributed by atoms with van der Waals surface area (Å²) in [7, 11) is 0. The monoisotopic (exact) mass is 280 g/mol. The van der Waals surface area contributed by atoms with E-state index in [9.17, 15) is 0 Å². The smallest absolute Gasteiger partial charge is 0.0414 e. The van der Waals surface area contributed by atoms with E-state index in [-0.39, 0.29) is 0 Å². The number of hydrogen-bond donors (Lipinski definition) is 0. The van der Waals surface area contributed by atoms with Crippen LogP contribution >= 0.6 is 0 Å². The van der Waals surface area contributed by atoms with Gasteiger partial charge in [0, 0.05) is 0 Å². The third-order valence-electron chi connectivity index (χ3n) is 5.19. The van der Waals surface area contributed by atoms with Crippen molar-refractivity contribution in [1.29, 1.82) is 0 Å². The zero-order valence-electron chi connectivity index (χ0n) is 14.3. The van der Waals surface area contributed by atoms with E-state index in [1.54, 1.807) is 0 Å². The van der Waals surface area contributed by atoms with E-state index in [2.05, 4.69) is 6.92 Å². The lowest BCUT2D eigenvalue weighted by atomic mass is 9.87. The van der Waals surface area contributed by atoms with Crippen molar-refractivity contribution < 1.29 is 0 Å². The van der Waals surface area contributed by atoms with Crippen molar-refractivity contribution in [1.82, 2.24) is 0 Å². The summed E-state index contributed by atoms with van der Waals surface area (Å²) in [4.78, 5) is 0. The molecule has 1 aliphatic rings. The van der Waals surface area contributed by atoms with Crippen LogP contribution in [0.25, 0.3) is 0 Å². The summed E-state index contributed by atoms with van der Waals surface area (Å²) < 4.78 is 0. The summed E-state index contributed by atoms with van der Waals surface area (Å²) in [5, 5.41) is 0. The molecule has 120 valence electrons. The normalized spacial score (nSPS) is 17.9. The summed E-state index contributed by atoms with van der Waals surface area (Å²) in [6.07, 6.45) is 26.9. The van der Waals surface area contributed by atoms with Crippen molar-refractivity contribution in [3.05, 3.63) is 0 Å². The van der Waals surface area contributed by atoms with Crippen LogP contribution in [0, 0.1) is 5.92 Å². The quantitative estimate of drug-likeness (QED) is 0.341. The van der Waals surface area contributed by atoms with E-state index in [1.807, 2.05) is 0 Å². The van der Waals surface area contributed by atoms with Crippen molar-refractivity contribution in [2.75, 3.05) is 0 Å². The lowest BCUT2D eigenvalue weighted by molar-refractivity contribution is 0.346. The van der Waals surface area contributed by atoms with Gasteiger partial charge in [0.15, 0.2) is 0 Å². The van der Waals surface area contributed by atoms with Crippen LogP contribution in [0.1, 0.15) is 122 Å². The Hall–Kier alpha value is 0. The molecular formula is C20H40. The van der Waals surface area contributed by atoms with Crippen molar-refractivity contribution in [3.63, 3.8) is 0 Å². The molecule has 0 heterocycles. The van der Waals surface area contributed by atoms with Crippen molar-refractivity contribution in [3.8, 4) is 0 Å². The fraction of sp³-hybridized carbons (Fsp3) is 1.00. The molecule has 0 aromatic carbocycles. The lowest BCUT2D eigenvalue weighted by Crippen LogP contribution is -2.03. The molecule has 0 radical (unpaired) electrons. The molecule has 0 aliphatic heterocycles. The van der Waals surface area contributed by atoms with Crippen molar-refractivity contribution >= 4 is 0 Å². The predicted octanol–water partition coefficient (Wildman–Crippen LogP) is 7.66. The zero-order chi connectivity index (χ0) is 14.3. The van der Waals surface area contributed by atoms with Gasteiger partial charge in [-0.15, -0.1) is 0 Å². The SMILES string of the molecule is CCCCCCCCCCCCC1CCCCCCC1. The second-order valence-corrected chi connectivity index (χ2v) is 7.18. The van der Waals surface area contributed by atoms with E-state index in [1.165, 1.54) is 116 Å². The Morgan fingerprint density at radius 1 is 0.550 bits per heavy atom. The molecular weight excluding hydrogens is 240 g/mol. The summed E-state index contributed by atoms with van der Waals surface area (Å²) in [6.45, 7) is 2.30. The molecule has 1 rings (SSSR count). The molecule has 0 aromatic rings. The maximum Gasteiger partial charge on any atom is -0.0414 e.